The summed E-state index contributed by atoms with van der Waals surface area (Å²) in [6.07, 6.45) is 9.59. The number of aliphatic carboxylic acids is 1. The quantitative estimate of drug-likeness (QED) is 0.0365. The summed E-state index contributed by atoms with van der Waals surface area (Å²) in [5.74, 6) is 1.97. The van der Waals surface area contributed by atoms with Crippen LogP contribution in [0.25, 0.3) is 38.8 Å². The Morgan fingerprint density at radius 3 is 1.24 bits per heavy atom. The van der Waals surface area contributed by atoms with E-state index >= 15 is 0 Å². The monoisotopic (exact) mass is 862 g/mol. The molecule has 0 aliphatic heterocycles. The lowest BCUT2D eigenvalue weighted by Crippen LogP contribution is -2.09. The van der Waals surface area contributed by atoms with E-state index in [4.69, 9.17) is 18.9 Å². The zero-order valence-electron chi connectivity index (χ0n) is 36.9. The van der Waals surface area contributed by atoms with Gasteiger partial charge in [-0.05, 0) is 132 Å². The number of hydrogen-bond donors (Lipinski definition) is 1. The number of carbonyl (C=O) groups is 1. The van der Waals surface area contributed by atoms with Crippen LogP contribution in [0.5, 0.6) is 23.0 Å². The van der Waals surface area contributed by atoms with Crippen molar-refractivity contribution in [1.29, 1.82) is 5.26 Å². The maximum Gasteiger partial charge on any atom is 0.346 e. The summed E-state index contributed by atoms with van der Waals surface area (Å²) in [7, 11) is 0. The number of carboxylic acid groups (broad SMARTS) is 1. The molecule has 1 aromatic heterocycles. The number of unbranched alkanes of at least 4 members (excludes halogenated alkanes) is 4. The second kappa shape index (κ2) is 23.6. The van der Waals surface area contributed by atoms with E-state index in [1.54, 1.807) is 6.07 Å². The van der Waals surface area contributed by atoms with Gasteiger partial charge in [0.15, 0.2) is 0 Å². The Morgan fingerprint density at radius 1 is 0.540 bits per heavy atom. The topological polar surface area (TPSA) is 101 Å². The zero-order valence-corrected chi connectivity index (χ0v) is 37.7. The van der Waals surface area contributed by atoms with Crippen LogP contribution in [0.15, 0.2) is 127 Å². The van der Waals surface area contributed by atoms with Crippen molar-refractivity contribution in [2.24, 2.45) is 0 Å². The summed E-state index contributed by atoms with van der Waals surface area (Å²) < 4.78 is 24.7. The summed E-state index contributed by atoms with van der Waals surface area (Å²) in [6.45, 7) is 11.3. The molecule has 9 heteroatoms. The van der Waals surface area contributed by atoms with Gasteiger partial charge in [-0.1, -0.05) is 89.8 Å². The van der Waals surface area contributed by atoms with Gasteiger partial charge in [-0.25, -0.2) is 4.79 Å². The number of ether oxygens (including phenoxy) is 4. The predicted molar refractivity (Wildman–Crippen MR) is 258 cm³/mol. The average Bonchev–Trinajstić information content (AvgIpc) is 3.78. The molecule has 0 bridgehead atoms. The van der Waals surface area contributed by atoms with Gasteiger partial charge in [0.05, 0.1) is 26.4 Å². The van der Waals surface area contributed by atoms with E-state index in [9.17, 15) is 15.2 Å². The predicted octanol–water partition coefficient (Wildman–Crippen LogP) is 14.9. The molecule has 0 aliphatic rings. The number of carboxylic acids is 1. The van der Waals surface area contributed by atoms with Crippen LogP contribution in [0.4, 0.5) is 17.1 Å². The minimum Gasteiger partial charge on any atom is -0.493 e. The highest BCUT2D eigenvalue weighted by atomic mass is 32.1. The molecule has 1 heterocycles. The molecule has 0 spiro atoms. The maximum atomic E-state index is 11.4. The van der Waals surface area contributed by atoms with E-state index in [0.717, 1.165) is 124 Å². The minimum atomic E-state index is -1.24. The van der Waals surface area contributed by atoms with Gasteiger partial charge in [-0.15, -0.1) is 11.3 Å². The van der Waals surface area contributed by atoms with Crippen molar-refractivity contribution in [3.63, 3.8) is 0 Å². The van der Waals surface area contributed by atoms with Crippen molar-refractivity contribution in [2.75, 3.05) is 31.3 Å². The Kier molecular flexibility index (Phi) is 17.3. The van der Waals surface area contributed by atoms with Crippen molar-refractivity contribution in [3.05, 3.63) is 132 Å². The molecule has 0 atom stereocenters. The summed E-state index contributed by atoms with van der Waals surface area (Å²) >= 11 is 1.44. The van der Waals surface area contributed by atoms with E-state index in [0.29, 0.717) is 31.3 Å². The van der Waals surface area contributed by atoms with Crippen LogP contribution in [-0.2, 0) is 4.79 Å². The second-order valence-corrected chi connectivity index (χ2v) is 16.5. The minimum absolute atomic E-state index is 0.297. The maximum absolute atomic E-state index is 11.4. The van der Waals surface area contributed by atoms with E-state index < -0.39 is 5.97 Å². The number of rotatable bonds is 24. The molecule has 0 fully saturated rings. The van der Waals surface area contributed by atoms with Gasteiger partial charge in [0, 0.05) is 38.9 Å². The van der Waals surface area contributed by atoms with Gasteiger partial charge in [0.25, 0.3) is 0 Å². The molecular weight excluding hydrogens is 805 g/mol. The summed E-state index contributed by atoms with van der Waals surface area (Å²) in [4.78, 5) is 15.3. The van der Waals surface area contributed by atoms with Crippen molar-refractivity contribution in [1.82, 2.24) is 0 Å². The van der Waals surface area contributed by atoms with Crippen molar-refractivity contribution < 1.29 is 28.8 Å². The molecule has 0 saturated carbocycles. The van der Waals surface area contributed by atoms with Crippen molar-refractivity contribution in [2.45, 2.75) is 79.1 Å². The van der Waals surface area contributed by atoms with Gasteiger partial charge in [-0.3, -0.25) is 0 Å². The third kappa shape index (κ3) is 13.0. The molecule has 5 aromatic carbocycles. The van der Waals surface area contributed by atoms with Crippen LogP contribution in [0.3, 0.4) is 0 Å². The fourth-order valence-corrected chi connectivity index (χ4v) is 7.80. The molecule has 6 rings (SSSR count). The van der Waals surface area contributed by atoms with Gasteiger partial charge in [0.2, 0.25) is 0 Å². The fraction of sp³-hybridized carbons (Fsp3) is 0.296. The van der Waals surface area contributed by atoms with E-state index in [1.165, 1.54) is 17.4 Å². The van der Waals surface area contributed by atoms with Crippen LogP contribution in [0.2, 0.25) is 0 Å². The molecule has 0 unspecified atom stereocenters. The zero-order chi connectivity index (χ0) is 44.4. The lowest BCUT2D eigenvalue weighted by molar-refractivity contribution is -0.132. The Bertz CT molecular complexity index is 2280. The van der Waals surface area contributed by atoms with Gasteiger partial charge in [-0.2, -0.15) is 5.26 Å². The average molecular weight is 863 g/mol. The second-order valence-electron chi connectivity index (χ2n) is 15.3. The van der Waals surface area contributed by atoms with Crippen LogP contribution in [0, 0.1) is 11.3 Å². The third-order valence-corrected chi connectivity index (χ3v) is 11.5. The molecule has 0 amide bonds. The number of hydrogen-bond acceptors (Lipinski definition) is 8. The normalized spacial score (nSPS) is 11.2. The lowest BCUT2D eigenvalue weighted by Gasteiger charge is -2.26. The Labute approximate surface area is 377 Å². The molecular formula is C54H58N2O6S. The Morgan fingerprint density at radius 2 is 0.905 bits per heavy atom. The van der Waals surface area contributed by atoms with E-state index in [2.05, 4.69) is 130 Å². The van der Waals surface area contributed by atoms with Gasteiger partial charge < -0.3 is 29.0 Å². The highest BCUT2D eigenvalue weighted by Gasteiger charge is 2.16. The number of benzene rings is 5. The third-order valence-electron chi connectivity index (χ3n) is 10.4. The van der Waals surface area contributed by atoms with Gasteiger partial charge in [0.1, 0.15) is 34.6 Å². The fourth-order valence-electron chi connectivity index (χ4n) is 6.85. The van der Waals surface area contributed by atoms with Gasteiger partial charge >= 0.3 is 5.97 Å². The number of nitriles is 1. The highest BCUT2D eigenvalue weighted by Crippen LogP contribution is 2.40. The lowest BCUT2D eigenvalue weighted by atomic mass is 10.0. The van der Waals surface area contributed by atoms with Crippen LogP contribution >= 0.6 is 11.3 Å². The molecule has 326 valence electrons. The molecule has 8 nitrogen and oxygen atoms in total. The smallest absolute Gasteiger partial charge is 0.346 e. The molecule has 0 aliphatic carbocycles. The van der Waals surface area contributed by atoms with Crippen LogP contribution in [0.1, 0.15) is 83.9 Å². The first kappa shape index (κ1) is 46.0. The van der Waals surface area contributed by atoms with Crippen molar-refractivity contribution in [3.8, 4) is 61.8 Å². The summed E-state index contributed by atoms with van der Waals surface area (Å²) in [5, 5.41) is 18.6. The first-order valence-corrected chi connectivity index (χ1v) is 23.0. The Hall–Kier alpha value is -6.50. The molecule has 0 radical (unpaired) electrons. The standard InChI is InChI=1S/C54H58N2O6S/c1-5-9-27-59-48-31-42(32-49(36-48)60-28-10-6-2)39-13-19-45(20-14-39)56(47-23-17-41(18-24-47)53-26-25-52(63-53)35-44(38-55)54(57)58)46-21-15-40(16-22-46)43-33-50(61-29-11-7-3)37-51(34-43)62-30-12-8-4/h13-26,31-37H,5-12,27-30H2,1-4H3,(H,57,58)/b44-35-. The first-order chi connectivity index (χ1) is 30.8. The molecule has 1 N–H and O–H groups in total. The van der Waals surface area contributed by atoms with Crippen LogP contribution in [-0.4, -0.2) is 37.5 Å². The van der Waals surface area contributed by atoms with Crippen molar-refractivity contribution >= 4 is 40.4 Å². The number of thiophene rings is 1. The van der Waals surface area contributed by atoms with E-state index in [-0.39, 0.29) is 5.57 Å². The SMILES string of the molecule is CCCCOc1cc(OCCCC)cc(-c2ccc(N(c3ccc(-c4cc(OCCCC)cc(OCCCC)c4)cc3)c3ccc(-c4ccc(/C=C(/C#N)C(=O)O)s4)cc3)cc2)c1. The first-order valence-electron chi connectivity index (χ1n) is 22.2. The summed E-state index contributed by atoms with van der Waals surface area (Å²) in [6, 6.07) is 43.4. The summed E-state index contributed by atoms with van der Waals surface area (Å²) in [5.41, 5.74) is 7.76. The molecule has 63 heavy (non-hydrogen) atoms. The number of nitrogens with zero attached hydrogens (tertiary/aromatic N) is 2. The Balaban J connectivity index is 1.35. The van der Waals surface area contributed by atoms with E-state index in [1.807, 2.05) is 24.3 Å². The largest absolute Gasteiger partial charge is 0.493 e. The molecule has 0 saturated heterocycles. The van der Waals surface area contributed by atoms with Crippen LogP contribution < -0.4 is 23.8 Å². The molecule has 6 aromatic rings. The number of anilines is 3. The highest BCUT2D eigenvalue weighted by molar-refractivity contribution is 7.16.